The van der Waals surface area contributed by atoms with Crippen molar-refractivity contribution >= 4 is 11.8 Å². The molecule has 1 unspecified atom stereocenters. The minimum atomic E-state index is -1.03. The highest BCUT2D eigenvalue weighted by Crippen LogP contribution is 2.71. The van der Waals surface area contributed by atoms with E-state index in [0.717, 1.165) is 18.4 Å². The third-order valence-electron chi connectivity index (χ3n) is 11.1. The van der Waals surface area contributed by atoms with E-state index in [2.05, 4.69) is 0 Å². The molecule has 1 saturated heterocycles. The summed E-state index contributed by atoms with van der Waals surface area (Å²) in [4.78, 5) is 25.7. The largest absolute Gasteiger partial charge is 0.456 e. The first kappa shape index (κ1) is 23.6. The van der Waals surface area contributed by atoms with Crippen LogP contribution in [0.25, 0.3) is 0 Å². The van der Waals surface area contributed by atoms with Crippen LogP contribution in [-0.4, -0.2) is 57.3 Å². The Kier molecular flexibility index (Phi) is 4.97. The lowest BCUT2D eigenvalue weighted by Crippen LogP contribution is -2.59. The highest BCUT2D eigenvalue weighted by molar-refractivity contribution is 5.99. The van der Waals surface area contributed by atoms with Gasteiger partial charge in [0.05, 0.1) is 17.6 Å². The van der Waals surface area contributed by atoms with Crippen LogP contribution < -0.4 is 0 Å². The lowest BCUT2D eigenvalue weighted by molar-refractivity contribution is -0.218. The topological polar surface area (TPSA) is 113 Å². The summed E-state index contributed by atoms with van der Waals surface area (Å²) in [6.45, 7) is 7.61. The van der Waals surface area contributed by atoms with Gasteiger partial charge in [-0.15, -0.1) is 0 Å². The Morgan fingerprint density at radius 3 is 2.49 bits per heavy atom. The number of ether oxygens (including phenoxy) is 2. The molecule has 0 aromatic rings. The number of aliphatic hydroxyl groups is 3. The van der Waals surface area contributed by atoms with Crippen molar-refractivity contribution in [3.63, 3.8) is 0 Å². The van der Waals surface area contributed by atoms with Gasteiger partial charge in [-0.3, -0.25) is 4.79 Å². The van der Waals surface area contributed by atoms with Gasteiger partial charge in [0.25, 0.3) is 0 Å². The molecule has 2 saturated carbocycles. The van der Waals surface area contributed by atoms with E-state index >= 15 is 0 Å². The fraction of sp³-hybridized carbons (Fsp3) is 0.714. The maximum absolute atomic E-state index is 13.2. The summed E-state index contributed by atoms with van der Waals surface area (Å²) in [5.41, 5.74) is -0.0320. The average Bonchev–Trinajstić information content (AvgIpc) is 3.31. The van der Waals surface area contributed by atoms with Gasteiger partial charge < -0.3 is 24.8 Å². The number of allylic oxidation sites excluding steroid dienone is 1. The second-order valence-corrected chi connectivity index (χ2v) is 12.2. The highest BCUT2D eigenvalue weighted by atomic mass is 16.6. The SMILES string of the molecule is CC1=C(C)C(=O)O[C@@H]([C@]2(C)OC(O)[C@]34CC[C@H]5[C@@H]([C@@H](O)C=C6[C@@H](O)C=CC(=O)[C@@]65C)[C@@H]3CC[C@H]24)C1. The molecule has 2 heterocycles. The van der Waals surface area contributed by atoms with Crippen LogP contribution in [0.15, 0.2) is 34.9 Å². The number of esters is 1. The number of aliphatic hydroxyl groups excluding tert-OH is 3. The quantitative estimate of drug-likeness (QED) is 0.387. The number of cyclic esters (lactones) is 1. The number of hydrogen-bond acceptors (Lipinski definition) is 7. The molecule has 7 heteroatoms. The second kappa shape index (κ2) is 7.37. The summed E-state index contributed by atoms with van der Waals surface area (Å²) in [7, 11) is 0. The van der Waals surface area contributed by atoms with Gasteiger partial charge in [-0.2, -0.15) is 0 Å². The minimum Gasteiger partial charge on any atom is -0.456 e. The van der Waals surface area contributed by atoms with Crippen molar-refractivity contribution in [3.05, 3.63) is 34.9 Å². The van der Waals surface area contributed by atoms with E-state index in [1.807, 2.05) is 20.8 Å². The van der Waals surface area contributed by atoms with Crippen molar-refractivity contribution in [2.24, 2.45) is 34.5 Å². The van der Waals surface area contributed by atoms with Crippen molar-refractivity contribution in [1.29, 1.82) is 0 Å². The van der Waals surface area contributed by atoms with E-state index in [9.17, 15) is 24.9 Å². The molecule has 6 rings (SSSR count). The Morgan fingerprint density at radius 1 is 1.03 bits per heavy atom. The zero-order valence-corrected chi connectivity index (χ0v) is 20.9. The molecule has 0 radical (unpaired) electrons. The molecule has 7 nitrogen and oxygen atoms in total. The first-order chi connectivity index (χ1) is 16.5. The van der Waals surface area contributed by atoms with E-state index in [0.29, 0.717) is 30.4 Å². The summed E-state index contributed by atoms with van der Waals surface area (Å²) in [6.07, 6.45) is 4.99. The Bertz CT molecular complexity index is 1090. The molecule has 1 spiro atoms. The minimum absolute atomic E-state index is 0.0266. The zero-order valence-electron chi connectivity index (χ0n) is 20.9. The van der Waals surface area contributed by atoms with Crippen LogP contribution in [0.1, 0.15) is 59.8 Å². The average molecular weight is 485 g/mol. The lowest BCUT2D eigenvalue weighted by Gasteiger charge is -2.58. The van der Waals surface area contributed by atoms with Gasteiger partial charge in [0.1, 0.15) is 11.7 Å². The standard InChI is InChI=1S/C28H36O7/c1-13-11-22(34-24(32)14(13)2)27(4)20-7-5-16-23-15(9-10-28(16,20)25(33)35-27)26(3)17(12-19(23)30)18(29)6-8-21(26)31/h6,8,12,15-16,18-20,22-23,25,29-30,33H,5,7,9-11H2,1-4H3/t15-,16-,18-,19-,20+,22+,23+,25?,26+,27+,28+/m0/s1. The maximum Gasteiger partial charge on any atom is 0.334 e. The monoisotopic (exact) mass is 484 g/mol. The predicted octanol–water partition coefficient (Wildman–Crippen LogP) is 2.59. The van der Waals surface area contributed by atoms with E-state index in [1.54, 1.807) is 13.0 Å². The third-order valence-corrected chi connectivity index (χ3v) is 11.1. The first-order valence-electron chi connectivity index (χ1n) is 13.0. The summed E-state index contributed by atoms with van der Waals surface area (Å²) < 4.78 is 12.2. The molecule has 3 N–H and O–H groups in total. The molecule has 0 bridgehead atoms. The van der Waals surface area contributed by atoms with E-state index in [-0.39, 0.29) is 35.4 Å². The van der Waals surface area contributed by atoms with Crippen LogP contribution in [0.2, 0.25) is 0 Å². The normalized spacial score (nSPS) is 52.9. The van der Waals surface area contributed by atoms with Crippen LogP contribution in [-0.2, 0) is 19.1 Å². The predicted molar refractivity (Wildman–Crippen MR) is 126 cm³/mol. The van der Waals surface area contributed by atoms with Crippen molar-refractivity contribution in [2.45, 2.75) is 90.0 Å². The van der Waals surface area contributed by atoms with Gasteiger partial charge in [-0.1, -0.05) is 11.6 Å². The molecular weight excluding hydrogens is 448 g/mol. The van der Waals surface area contributed by atoms with Crippen molar-refractivity contribution < 1.29 is 34.4 Å². The smallest absolute Gasteiger partial charge is 0.334 e. The van der Waals surface area contributed by atoms with Crippen LogP contribution in [0.4, 0.5) is 0 Å². The molecule has 0 amide bonds. The van der Waals surface area contributed by atoms with Gasteiger partial charge in [-0.05, 0) is 88.9 Å². The molecular formula is C28H36O7. The first-order valence-corrected chi connectivity index (χ1v) is 13.0. The molecule has 0 aromatic heterocycles. The summed E-state index contributed by atoms with van der Waals surface area (Å²) in [6, 6.07) is 0. The molecule has 35 heavy (non-hydrogen) atoms. The fourth-order valence-corrected chi connectivity index (χ4v) is 9.16. The number of carbonyl (C=O) groups is 2. The molecule has 11 atom stereocenters. The van der Waals surface area contributed by atoms with Crippen LogP contribution >= 0.6 is 0 Å². The Morgan fingerprint density at radius 2 is 1.77 bits per heavy atom. The summed E-state index contributed by atoms with van der Waals surface area (Å²) >= 11 is 0. The zero-order chi connectivity index (χ0) is 25.1. The molecule has 6 aliphatic rings. The molecule has 3 fully saturated rings. The number of carbonyl (C=O) groups excluding carboxylic acids is 2. The third kappa shape index (κ3) is 2.76. The fourth-order valence-electron chi connectivity index (χ4n) is 9.16. The van der Waals surface area contributed by atoms with Crippen LogP contribution in [0, 0.1) is 34.5 Å². The van der Waals surface area contributed by atoms with Crippen molar-refractivity contribution in [1.82, 2.24) is 0 Å². The second-order valence-electron chi connectivity index (χ2n) is 12.2. The Labute approximate surface area is 205 Å². The van der Waals surface area contributed by atoms with Gasteiger partial charge in [0, 0.05) is 23.3 Å². The Balaban J connectivity index is 1.38. The molecule has 190 valence electrons. The van der Waals surface area contributed by atoms with Crippen LogP contribution in [0.3, 0.4) is 0 Å². The van der Waals surface area contributed by atoms with Gasteiger partial charge in [0.2, 0.25) is 0 Å². The number of fused-ring (bicyclic) bond motifs is 4. The highest BCUT2D eigenvalue weighted by Gasteiger charge is 2.74. The summed E-state index contributed by atoms with van der Waals surface area (Å²) in [5.74, 6) is -0.768. The molecule has 4 aliphatic carbocycles. The van der Waals surface area contributed by atoms with Crippen molar-refractivity contribution in [3.8, 4) is 0 Å². The lowest BCUT2D eigenvalue weighted by atomic mass is 9.46. The molecule has 2 aliphatic heterocycles. The van der Waals surface area contributed by atoms with Gasteiger partial charge in [-0.25, -0.2) is 4.79 Å². The number of rotatable bonds is 1. The molecule has 0 aromatic carbocycles. The number of ketones is 1. The van der Waals surface area contributed by atoms with Crippen molar-refractivity contribution in [2.75, 3.05) is 0 Å². The van der Waals surface area contributed by atoms with Gasteiger partial charge in [0.15, 0.2) is 12.1 Å². The van der Waals surface area contributed by atoms with E-state index < -0.39 is 41.0 Å². The Hall–Kier alpha value is -1.80. The maximum atomic E-state index is 13.2. The van der Waals surface area contributed by atoms with E-state index in [4.69, 9.17) is 9.47 Å². The van der Waals surface area contributed by atoms with Gasteiger partial charge >= 0.3 is 5.97 Å². The van der Waals surface area contributed by atoms with Crippen LogP contribution in [0.5, 0.6) is 0 Å². The summed E-state index contributed by atoms with van der Waals surface area (Å²) in [5, 5.41) is 33.5. The van der Waals surface area contributed by atoms with E-state index in [1.165, 1.54) is 12.2 Å². The number of hydrogen-bond donors (Lipinski definition) is 3.